The summed E-state index contributed by atoms with van der Waals surface area (Å²) in [6.07, 6.45) is 2.91. The average molecular weight is 182 g/mol. The molecule has 1 unspecified atom stereocenters. The number of hydrogen-bond donors (Lipinski definition) is 2. The van der Waals surface area contributed by atoms with Crippen molar-refractivity contribution in [2.24, 2.45) is 0 Å². The first-order chi connectivity index (χ1) is 6.06. The number of carboxylic acid groups (broad SMARTS) is 2. The van der Waals surface area contributed by atoms with Crippen molar-refractivity contribution in [3.63, 3.8) is 0 Å². The van der Waals surface area contributed by atoms with Gasteiger partial charge in [0, 0.05) is 6.42 Å². The maximum Gasteiger partial charge on any atom is 0.353 e. The van der Waals surface area contributed by atoms with Crippen molar-refractivity contribution in [3.8, 4) is 0 Å². The summed E-state index contributed by atoms with van der Waals surface area (Å²) < 4.78 is 4.98. The van der Waals surface area contributed by atoms with Crippen LogP contribution in [0.25, 0.3) is 0 Å². The molecule has 0 amide bonds. The molecular weight excluding hydrogens is 176 g/mol. The van der Waals surface area contributed by atoms with Crippen molar-refractivity contribution in [3.05, 3.63) is 23.5 Å². The highest BCUT2D eigenvalue weighted by atomic mass is 16.5. The molecule has 2 heterocycles. The zero-order valence-corrected chi connectivity index (χ0v) is 6.48. The second kappa shape index (κ2) is 2.12. The van der Waals surface area contributed by atoms with Crippen LogP contribution in [0.15, 0.2) is 23.5 Å². The van der Waals surface area contributed by atoms with Crippen molar-refractivity contribution < 1.29 is 24.5 Å². The third kappa shape index (κ3) is 0.809. The van der Waals surface area contributed by atoms with E-state index >= 15 is 0 Å². The smallest absolute Gasteiger partial charge is 0.353 e. The lowest BCUT2D eigenvalue weighted by molar-refractivity contribution is -0.156. The van der Waals surface area contributed by atoms with Gasteiger partial charge in [-0.25, -0.2) is 9.59 Å². The van der Waals surface area contributed by atoms with Crippen LogP contribution in [0.3, 0.4) is 0 Å². The summed E-state index contributed by atoms with van der Waals surface area (Å²) >= 11 is 0. The molecule has 13 heavy (non-hydrogen) atoms. The normalized spacial score (nSPS) is 29.2. The lowest BCUT2D eigenvalue weighted by Gasteiger charge is -2.20. The minimum Gasteiger partial charge on any atom is -0.478 e. The number of carbonyl (C=O) groups is 2. The monoisotopic (exact) mass is 182 g/mol. The molecule has 0 aromatic rings. The summed E-state index contributed by atoms with van der Waals surface area (Å²) in [5.41, 5.74) is -1.86. The summed E-state index contributed by atoms with van der Waals surface area (Å²) in [6, 6.07) is 0. The molecule has 5 heteroatoms. The van der Waals surface area contributed by atoms with Crippen LogP contribution in [-0.4, -0.2) is 27.8 Å². The number of rotatable bonds is 2. The molecule has 0 aromatic heterocycles. The van der Waals surface area contributed by atoms with Crippen molar-refractivity contribution in [1.29, 1.82) is 0 Å². The fourth-order valence-electron chi connectivity index (χ4n) is 1.52. The molecule has 2 rings (SSSR count). The molecule has 2 aliphatic heterocycles. The minimum absolute atomic E-state index is 0.0931. The molecule has 2 N–H and O–H groups in total. The summed E-state index contributed by atoms with van der Waals surface area (Å²) in [7, 11) is 0. The molecular formula is C8H6O5. The Labute approximate surface area is 72.9 Å². The van der Waals surface area contributed by atoms with E-state index in [1.807, 2.05) is 0 Å². The lowest BCUT2D eigenvalue weighted by Crippen LogP contribution is -2.40. The van der Waals surface area contributed by atoms with Gasteiger partial charge in [0.1, 0.15) is 5.76 Å². The Morgan fingerprint density at radius 3 is 2.54 bits per heavy atom. The van der Waals surface area contributed by atoms with E-state index in [4.69, 9.17) is 14.9 Å². The molecule has 0 radical (unpaired) electrons. The molecule has 0 saturated heterocycles. The van der Waals surface area contributed by atoms with E-state index in [0.717, 1.165) is 0 Å². The largest absolute Gasteiger partial charge is 0.478 e. The lowest BCUT2D eigenvalue weighted by atomic mass is 9.89. The SMILES string of the molecule is O=C(O)C1=CC2=CCC1(C(=O)O)O2. The number of ether oxygens (including phenoxy) is 1. The van der Waals surface area contributed by atoms with E-state index in [1.165, 1.54) is 6.08 Å². The van der Waals surface area contributed by atoms with Crippen LogP contribution in [0.2, 0.25) is 0 Å². The van der Waals surface area contributed by atoms with Gasteiger partial charge in [0.2, 0.25) is 5.60 Å². The van der Waals surface area contributed by atoms with Gasteiger partial charge < -0.3 is 14.9 Å². The Bertz CT molecular complexity index is 365. The number of aliphatic carboxylic acids is 2. The van der Waals surface area contributed by atoms with Gasteiger partial charge in [-0.1, -0.05) is 0 Å². The number of allylic oxidation sites excluding steroid dienone is 1. The zero-order valence-electron chi connectivity index (χ0n) is 6.48. The van der Waals surface area contributed by atoms with Crippen molar-refractivity contribution in [1.82, 2.24) is 0 Å². The maximum atomic E-state index is 10.8. The van der Waals surface area contributed by atoms with Gasteiger partial charge in [-0.3, -0.25) is 0 Å². The van der Waals surface area contributed by atoms with E-state index in [0.29, 0.717) is 5.76 Å². The number of carboxylic acids is 2. The Morgan fingerprint density at radius 1 is 1.46 bits per heavy atom. The summed E-state index contributed by atoms with van der Waals surface area (Å²) in [4.78, 5) is 21.5. The number of hydrogen-bond acceptors (Lipinski definition) is 3. The fourth-order valence-corrected chi connectivity index (χ4v) is 1.52. The summed E-state index contributed by atoms with van der Waals surface area (Å²) in [6.45, 7) is 0. The molecule has 0 aliphatic carbocycles. The van der Waals surface area contributed by atoms with Gasteiger partial charge in [0.25, 0.3) is 0 Å². The first kappa shape index (κ1) is 7.85. The molecule has 0 fully saturated rings. The Morgan fingerprint density at radius 2 is 2.15 bits per heavy atom. The first-order valence-corrected chi connectivity index (χ1v) is 3.64. The second-order valence-corrected chi connectivity index (χ2v) is 2.91. The molecule has 68 valence electrons. The quantitative estimate of drug-likeness (QED) is 0.634. The van der Waals surface area contributed by atoms with E-state index in [-0.39, 0.29) is 12.0 Å². The van der Waals surface area contributed by atoms with Crippen LogP contribution in [0.1, 0.15) is 6.42 Å². The van der Waals surface area contributed by atoms with Crippen molar-refractivity contribution in [2.45, 2.75) is 12.0 Å². The highest BCUT2D eigenvalue weighted by Crippen LogP contribution is 2.42. The molecule has 0 saturated carbocycles. The molecule has 0 spiro atoms. The van der Waals surface area contributed by atoms with Gasteiger partial charge >= 0.3 is 11.9 Å². The molecule has 2 aliphatic rings. The fraction of sp³-hybridized carbons (Fsp3) is 0.250. The van der Waals surface area contributed by atoms with Gasteiger partial charge in [-0.05, 0) is 12.2 Å². The molecule has 5 nitrogen and oxygen atoms in total. The Hall–Kier alpha value is -1.78. The third-order valence-corrected chi connectivity index (χ3v) is 2.18. The molecule has 0 aromatic carbocycles. The predicted molar refractivity (Wildman–Crippen MR) is 39.9 cm³/mol. The van der Waals surface area contributed by atoms with E-state index in [1.54, 1.807) is 6.08 Å². The third-order valence-electron chi connectivity index (χ3n) is 2.18. The standard InChI is InChI=1S/C8H6O5/c9-6(10)5-3-4-1-2-8(5,13-4)7(11)12/h1,3H,2H2,(H,9,10)(H,11,12). The van der Waals surface area contributed by atoms with E-state index < -0.39 is 17.5 Å². The van der Waals surface area contributed by atoms with Crippen LogP contribution in [0, 0.1) is 0 Å². The van der Waals surface area contributed by atoms with Crippen molar-refractivity contribution >= 4 is 11.9 Å². The van der Waals surface area contributed by atoms with Crippen molar-refractivity contribution in [2.75, 3.05) is 0 Å². The van der Waals surface area contributed by atoms with E-state index in [9.17, 15) is 9.59 Å². The highest BCUT2D eigenvalue weighted by Gasteiger charge is 2.54. The van der Waals surface area contributed by atoms with Crippen LogP contribution < -0.4 is 0 Å². The van der Waals surface area contributed by atoms with Gasteiger partial charge in [-0.2, -0.15) is 0 Å². The zero-order chi connectivity index (χ0) is 9.64. The van der Waals surface area contributed by atoms with Crippen LogP contribution in [-0.2, 0) is 14.3 Å². The Kier molecular flexibility index (Phi) is 1.28. The minimum atomic E-state index is -1.67. The first-order valence-electron chi connectivity index (χ1n) is 3.64. The van der Waals surface area contributed by atoms with Gasteiger partial charge in [0.15, 0.2) is 0 Å². The van der Waals surface area contributed by atoms with E-state index in [2.05, 4.69) is 0 Å². The van der Waals surface area contributed by atoms with Crippen LogP contribution >= 0.6 is 0 Å². The van der Waals surface area contributed by atoms with Gasteiger partial charge in [0.05, 0.1) is 5.57 Å². The topological polar surface area (TPSA) is 83.8 Å². The summed E-state index contributed by atoms with van der Waals surface area (Å²) in [5, 5.41) is 17.6. The second-order valence-electron chi connectivity index (χ2n) is 2.91. The maximum absolute atomic E-state index is 10.8. The molecule has 1 atom stereocenters. The Balaban J connectivity index is 2.49. The average Bonchev–Trinajstić information content (AvgIpc) is 2.60. The highest BCUT2D eigenvalue weighted by molar-refractivity contribution is 6.01. The predicted octanol–water partition coefficient (Wildman–Crippen LogP) is 0.139. The number of fused-ring (bicyclic) bond motifs is 2. The summed E-state index contributed by atoms with van der Waals surface area (Å²) in [5.74, 6) is -2.17. The van der Waals surface area contributed by atoms with Crippen LogP contribution in [0.4, 0.5) is 0 Å². The molecule has 2 bridgehead atoms. The van der Waals surface area contributed by atoms with Crippen LogP contribution in [0.5, 0.6) is 0 Å². The van der Waals surface area contributed by atoms with Gasteiger partial charge in [-0.15, -0.1) is 0 Å².